The van der Waals surface area contributed by atoms with Crippen LogP contribution in [-0.2, 0) is 10.0 Å². The van der Waals surface area contributed by atoms with Gasteiger partial charge in [0.05, 0.1) is 4.90 Å². The molecule has 4 heteroatoms. The molecule has 0 aromatic heterocycles. The van der Waals surface area contributed by atoms with E-state index in [-0.39, 0.29) is 0 Å². The molecule has 0 N–H and O–H groups in total. The molecule has 1 unspecified atom stereocenters. The highest BCUT2D eigenvalue weighted by Gasteiger charge is 2.30. The van der Waals surface area contributed by atoms with Crippen LogP contribution < -0.4 is 0 Å². The second kappa shape index (κ2) is 5.25. The van der Waals surface area contributed by atoms with Crippen molar-refractivity contribution in [3.05, 3.63) is 28.8 Å². The molecule has 0 saturated carbocycles. The molecule has 1 aliphatic heterocycles. The minimum Gasteiger partial charge on any atom is -0.207 e. The van der Waals surface area contributed by atoms with Gasteiger partial charge in [-0.2, -0.15) is 4.31 Å². The molecule has 0 spiro atoms. The Morgan fingerprint density at radius 3 is 2.47 bits per heavy atom. The maximum atomic E-state index is 12.7. The van der Waals surface area contributed by atoms with Crippen LogP contribution in [0.15, 0.2) is 17.0 Å². The lowest BCUT2D eigenvalue weighted by Crippen LogP contribution is -2.39. The average molecular weight is 281 g/mol. The first-order valence-corrected chi connectivity index (χ1v) is 8.35. The van der Waals surface area contributed by atoms with Crippen molar-refractivity contribution < 1.29 is 8.42 Å². The number of hydrogen-bond acceptors (Lipinski definition) is 2. The first-order valence-electron chi connectivity index (χ1n) is 6.91. The number of benzene rings is 1. The number of piperidine rings is 1. The van der Waals surface area contributed by atoms with Gasteiger partial charge in [-0.25, -0.2) is 8.42 Å². The van der Waals surface area contributed by atoms with Gasteiger partial charge in [0.25, 0.3) is 0 Å². The number of hydrogen-bond donors (Lipinski definition) is 0. The van der Waals surface area contributed by atoms with Gasteiger partial charge in [0.15, 0.2) is 0 Å². The Balaban J connectivity index is 2.42. The van der Waals surface area contributed by atoms with Gasteiger partial charge in [-0.3, -0.25) is 0 Å². The van der Waals surface area contributed by atoms with E-state index in [9.17, 15) is 8.42 Å². The molecule has 1 aromatic carbocycles. The van der Waals surface area contributed by atoms with E-state index in [2.05, 4.69) is 6.92 Å². The van der Waals surface area contributed by atoms with Gasteiger partial charge < -0.3 is 0 Å². The van der Waals surface area contributed by atoms with E-state index in [0.29, 0.717) is 23.9 Å². The molecule has 1 aliphatic rings. The molecule has 1 aromatic rings. The van der Waals surface area contributed by atoms with Crippen LogP contribution >= 0.6 is 0 Å². The molecular formula is C15H23NO2S. The summed E-state index contributed by atoms with van der Waals surface area (Å²) in [5.74, 6) is 0.454. The molecule has 0 amide bonds. The zero-order chi connectivity index (χ0) is 14.2. The van der Waals surface area contributed by atoms with Gasteiger partial charge in [-0.15, -0.1) is 0 Å². The van der Waals surface area contributed by atoms with Crippen LogP contribution in [0.25, 0.3) is 0 Å². The van der Waals surface area contributed by atoms with Crippen LogP contribution in [0.1, 0.15) is 36.5 Å². The quantitative estimate of drug-likeness (QED) is 0.835. The lowest BCUT2D eigenvalue weighted by molar-refractivity contribution is 0.281. The number of rotatable bonds is 2. The minimum atomic E-state index is -3.33. The third-order valence-electron chi connectivity index (χ3n) is 4.25. The van der Waals surface area contributed by atoms with Crippen LogP contribution in [0.3, 0.4) is 0 Å². The van der Waals surface area contributed by atoms with Gasteiger partial charge in [-0.05, 0) is 62.3 Å². The Kier molecular flexibility index (Phi) is 4.02. The van der Waals surface area contributed by atoms with E-state index in [4.69, 9.17) is 0 Å². The van der Waals surface area contributed by atoms with Crippen molar-refractivity contribution in [3.63, 3.8) is 0 Å². The molecule has 2 rings (SSSR count). The van der Waals surface area contributed by atoms with Crippen LogP contribution in [-0.4, -0.2) is 25.8 Å². The summed E-state index contributed by atoms with van der Waals surface area (Å²) < 4.78 is 27.1. The summed E-state index contributed by atoms with van der Waals surface area (Å²) in [7, 11) is -3.33. The van der Waals surface area contributed by atoms with E-state index >= 15 is 0 Å². The van der Waals surface area contributed by atoms with E-state index in [0.717, 1.165) is 29.5 Å². The normalized spacial score (nSPS) is 21.6. The molecule has 3 nitrogen and oxygen atoms in total. The molecule has 1 atom stereocenters. The minimum absolute atomic E-state index is 0.454. The second-order valence-corrected chi connectivity index (χ2v) is 7.65. The smallest absolute Gasteiger partial charge is 0.207 e. The van der Waals surface area contributed by atoms with Crippen molar-refractivity contribution in [3.8, 4) is 0 Å². The highest BCUT2D eigenvalue weighted by atomic mass is 32.2. The summed E-state index contributed by atoms with van der Waals surface area (Å²) in [4.78, 5) is 0.477. The first-order chi connectivity index (χ1) is 8.84. The Hall–Kier alpha value is -0.870. The van der Waals surface area contributed by atoms with Crippen LogP contribution in [0.2, 0.25) is 0 Å². The summed E-state index contributed by atoms with van der Waals surface area (Å²) in [5.41, 5.74) is 3.10. The molecule has 0 bridgehead atoms. The SMILES string of the molecule is Cc1ccc(S(=O)(=O)N2CCCC(C)C2)c(C)c1C. The average Bonchev–Trinajstić information content (AvgIpc) is 2.36. The zero-order valence-electron chi connectivity index (χ0n) is 12.2. The number of nitrogens with zero attached hydrogens (tertiary/aromatic N) is 1. The van der Waals surface area contributed by atoms with Gasteiger partial charge in [0, 0.05) is 13.1 Å². The third-order valence-corrected chi connectivity index (χ3v) is 6.26. The molecule has 1 fully saturated rings. The van der Waals surface area contributed by atoms with Crippen LogP contribution in [0, 0.1) is 26.7 Å². The Labute approximate surface area is 116 Å². The Morgan fingerprint density at radius 1 is 1.16 bits per heavy atom. The molecule has 19 heavy (non-hydrogen) atoms. The van der Waals surface area contributed by atoms with E-state index in [1.54, 1.807) is 10.4 Å². The largest absolute Gasteiger partial charge is 0.243 e. The molecule has 106 valence electrons. The summed E-state index contributed by atoms with van der Waals surface area (Å²) >= 11 is 0. The van der Waals surface area contributed by atoms with Gasteiger partial charge in [-0.1, -0.05) is 13.0 Å². The Morgan fingerprint density at radius 2 is 1.84 bits per heavy atom. The lowest BCUT2D eigenvalue weighted by atomic mass is 10.0. The predicted molar refractivity (Wildman–Crippen MR) is 77.8 cm³/mol. The fourth-order valence-corrected chi connectivity index (χ4v) is 4.59. The van der Waals surface area contributed by atoms with Crippen molar-refractivity contribution in [1.82, 2.24) is 4.31 Å². The van der Waals surface area contributed by atoms with Crippen LogP contribution in [0.4, 0.5) is 0 Å². The van der Waals surface area contributed by atoms with Crippen molar-refractivity contribution in [2.45, 2.75) is 45.4 Å². The van der Waals surface area contributed by atoms with Crippen molar-refractivity contribution in [2.24, 2.45) is 5.92 Å². The maximum Gasteiger partial charge on any atom is 0.243 e. The third kappa shape index (κ3) is 2.70. The number of aryl methyl sites for hydroxylation is 1. The summed E-state index contributed by atoms with van der Waals surface area (Å²) in [6.07, 6.45) is 2.09. The van der Waals surface area contributed by atoms with Gasteiger partial charge >= 0.3 is 0 Å². The molecule has 0 radical (unpaired) electrons. The highest BCUT2D eigenvalue weighted by molar-refractivity contribution is 7.89. The van der Waals surface area contributed by atoms with Crippen molar-refractivity contribution in [1.29, 1.82) is 0 Å². The molecular weight excluding hydrogens is 258 g/mol. The van der Waals surface area contributed by atoms with Gasteiger partial charge in [0.2, 0.25) is 10.0 Å². The van der Waals surface area contributed by atoms with Crippen LogP contribution in [0.5, 0.6) is 0 Å². The Bertz CT molecular complexity index is 578. The van der Waals surface area contributed by atoms with Crippen molar-refractivity contribution >= 4 is 10.0 Å². The lowest BCUT2D eigenvalue weighted by Gasteiger charge is -2.30. The molecule has 1 saturated heterocycles. The fourth-order valence-electron chi connectivity index (χ4n) is 2.71. The zero-order valence-corrected chi connectivity index (χ0v) is 13.0. The number of sulfonamides is 1. The van der Waals surface area contributed by atoms with E-state index < -0.39 is 10.0 Å². The van der Waals surface area contributed by atoms with Crippen molar-refractivity contribution in [2.75, 3.05) is 13.1 Å². The summed E-state index contributed by atoms with van der Waals surface area (Å²) in [6, 6.07) is 3.66. The van der Waals surface area contributed by atoms with Gasteiger partial charge in [0.1, 0.15) is 0 Å². The highest BCUT2D eigenvalue weighted by Crippen LogP contribution is 2.27. The van der Waals surface area contributed by atoms with E-state index in [1.165, 1.54) is 0 Å². The first kappa shape index (κ1) is 14.5. The second-order valence-electron chi connectivity index (χ2n) is 5.74. The topological polar surface area (TPSA) is 37.4 Å². The summed E-state index contributed by atoms with van der Waals surface area (Å²) in [5, 5.41) is 0. The molecule has 1 heterocycles. The fraction of sp³-hybridized carbons (Fsp3) is 0.600. The molecule has 0 aliphatic carbocycles. The summed E-state index contributed by atoms with van der Waals surface area (Å²) in [6.45, 7) is 9.33. The maximum absolute atomic E-state index is 12.7. The standard InChI is InChI=1S/C15H23NO2S/c1-11-6-5-9-16(10-11)19(17,18)15-8-7-12(2)13(3)14(15)4/h7-8,11H,5-6,9-10H2,1-4H3. The predicted octanol–water partition coefficient (Wildman–Crippen LogP) is 3.03. The van der Waals surface area contributed by atoms with E-state index in [1.807, 2.05) is 26.8 Å². The monoisotopic (exact) mass is 281 g/mol.